The van der Waals surface area contributed by atoms with E-state index in [9.17, 15) is 9.18 Å². The van der Waals surface area contributed by atoms with Gasteiger partial charge in [-0.15, -0.1) is 0 Å². The molecule has 0 saturated heterocycles. The van der Waals surface area contributed by atoms with Crippen molar-refractivity contribution >= 4 is 5.97 Å². The van der Waals surface area contributed by atoms with Crippen LogP contribution in [-0.4, -0.2) is 25.3 Å². The number of hydrogen-bond acceptors (Lipinski definition) is 3. The molecule has 1 aromatic carbocycles. The minimum absolute atomic E-state index is 0.00329. The van der Waals surface area contributed by atoms with Crippen LogP contribution in [0.3, 0.4) is 0 Å². The van der Waals surface area contributed by atoms with E-state index in [0.29, 0.717) is 0 Å². The first-order valence-electron chi connectivity index (χ1n) is 4.18. The summed E-state index contributed by atoms with van der Waals surface area (Å²) >= 11 is 0. The van der Waals surface area contributed by atoms with Gasteiger partial charge in [0.15, 0.2) is 11.6 Å². The maximum Gasteiger partial charge on any atom is 0.335 e. The van der Waals surface area contributed by atoms with Gasteiger partial charge in [-0.25, -0.2) is 9.18 Å². The van der Waals surface area contributed by atoms with Gasteiger partial charge in [0.2, 0.25) is 0 Å². The molecule has 5 heteroatoms. The number of benzene rings is 1. The molecule has 0 radical (unpaired) electrons. The Morgan fingerprint density at radius 1 is 1.47 bits per heavy atom. The molecule has 1 aromatic rings. The Bertz CT molecular complexity index is 376. The van der Waals surface area contributed by atoms with Gasteiger partial charge in [0, 0.05) is 12.7 Å². The van der Waals surface area contributed by atoms with Crippen LogP contribution in [0, 0.1) is 5.82 Å². The molecule has 82 valence electrons. The molecule has 0 aliphatic rings. The van der Waals surface area contributed by atoms with E-state index < -0.39 is 11.8 Å². The Hall–Kier alpha value is -1.62. The average molecular weight is 214 g/mol. The molecule has 1 rings (SSSR count). The normalized spacial score (nSPS) is 10.1. The van der Waals surface area contributed by atoms with Gasteiger partial charge in [-0.1, -0.05) is 0 Å². The van der Waals surface area contributed by atoms with Crippen molar-refractivity contribution in [3.05, 3.63) is 29.1 Å². The number of halogens is 1. The van der Waals surface area contributed by atoms with Crippen LogP contribution in [0.1, 0.15) is 15.9 Å². The molecular formula is C10H11FO4. The van der Waals surface area contributed by atoms with Crippen molar-refractivity contribution in [3.63, 3.8) is 0 Å². The number of aromatic carboxylic acids is 1. The maximum absolute atomic E-state index is 13.5. The highest BCUT2D eigenvalue weighted by Crippen LogP contribution is 2.23. The van der Waals surface area contributed by atoms with E-state index in [1.165, 1.54) is 20.3 Å². The number of carboxylic acid groups (broad SMARTS) is 1. The molecule has 0 heterocycles. The van der Waals surface area contributed by atoms with Crippen molar-refractivity contribution in [2.45, 2.75) is 6.61 Å². The lowest BCUT2D eigenvalue weighted by Gasteiger charge is -2.08. The predicted molar refractivity (Wildman–Crippen MR) is 50.6 cm³/mol. The van der Waals surface area contributed by atoms with Crippen molar-refractivity contribution in [1.82, 2.24) is 0 Å². The zero-order valence-corrected chi connectivity index (χ0v) is 8.41. The Morgan fingerprint density at radius 2 is 2.13 bits per heavy atom. The summed E-state index contributed by atoms with van der Waals surface area (Å²) in [5, 5.41) is 8.77. The van der Waals surface area contributed by atoms with Gasteiger partial charge in [0.25, 0.3) is 0 Å². The van der Waals surface area contributed by atoms with E-state index >= 15 is 0 Å². The van der Waals surface area contributed by atoms with Gasteiger partial charge in [-0.05, 0) is 12.1 Å². The summed E-state index contributed by atoms with van der Waals surface area (Å²) in [5.41, 5.74) is 0.134. The molecular weight excluding hydrogens is 203 g/mol. The monoisotopic (exact) mass is 214 g/mol. The van der Waals surface area contributed by atoms with Crippen molar-refractivity contribution in [1.29, 1.82) is 0 Å². The number of rotatable bonds is 4. The minimum Gasteiger partial charge on any atom is -0.494 e. The van der Waals surface area contributed by atoms with Crippen LogP contribution in [-0.2, 0) is 11.3 Å². The van der Waals surface area contributed by atoms with Crippen molar-refractivity contribution < 1.29 is 23.8 Å². The molecule has 0 atom stereocenters. The fraction of sp³-hybridized carbons (Fsp3) is 0.300. The molecule has 4 nitrogen and oxygen atoms in total. The molecule has 0 unspecified atom stereocenters. The van der Waals surface area contributed by atoms with Gasteiger partial charge in [0.05, 0.1) is 19.3 Å². The minimum atomic E-state index is -1.13. The van der Waals surface area contributed by atoms with Crippen LogP contribution >= 0.6 is 0 Å². The van der Waals surface area contributed by atoms with E-state index in [1.807, 2.05) is 0 Å². The number of carbonyl (C=O) groups is 1. The summed E-state index contributed by atoms with van der Waals surface area (Å²) in [4.78, 5) is 10.7. The molecule has 0 saturated carbocycles. The van der Waals surface area contributed by atoms with Crippen LogP contribution in [0.5, 0.6) is 5.75 Å². The van der Waals surface area contributed by atoms with Gasteiger partial charge < -0.3 is 14.6 Å². The third-order valence-electron chi connectivity index (χ3n) is 1.88. The molecule has 0 aliphatic carbocycles. The van der Waals surface area contributed by atoms with Crippen molar-refractivity contribution in [2.24, 2.45) is 0 Å². The lowest BCUT2D eigenvalue weighted by Crippen LogP contribution is -2.03. The molecule has 0 amide bonds. The lowest BCUT2D eigenvalue weighted by molar-refractivity contribution is 0.0696. The van der Waals surface area contributed by atoms with Crippen LogP contribution < -0.4 is 4.74 Å². The first-order chi connectivity index (χ1) is 7.10. The second kappa shape index (κ2) is 4.75. The van der Waals surface area contributed by atoms with Crippen LogP contribution in [0.25, 0.3) is 0 Å². The van der Waals surface area contributed by atoms with Gasteiger partial charge in [-0.3, -0.25) is 0 Å². The number of methoxy groups -OCH3 is 2. The first-order valence-corrected chi connectivity index (χ1v) is 4.18. The van der Waals surface area contributed by atoms with E-state index in [-0.39, 0.29) is 23.5 Å². The average Bonchev–Trinajstić information content (AvgIpc) is 2.21. The number of carboxylic acids is 1. The summed E-state index contributed by atoms with van der Waals surface area (Å²) in [6.45, 7) is 0.00329. The molecule has 1 N–H and O–H groups in total. The molecule has 15 heavy (non-hydrogen) atoms. The maximum atomic E-state index is 13.5. The van der Waals surface area contributed by atoms with Crippen LogP contribution in [0.15, 0.2) is 12.1 Å². The lowest BCUT2D eigenvalue weighted by atomic mass is 10.1. The molecule has 0 aliphatic heterocycles. The highest BCUT2D eigenvalue weighted by molar-refractivity contribution is 5.88. The Morgan fingerprint density at radius 3 is 2.60 bits per heavy atom. The smallest absolute Gasteiger partial charge is 0.335 e. The van der Waals surface area contributed by atoms with Crippen molar-refractivity contribution in [3.8, 4) is 5.75 Å². The first kappa shape index (κ1) is 11.5. The van der Waals surface area contributed by atoms with Crippen LogP contribution in [0.2, 0.25) is 0 Å². The number of ether oxygens (including phenoxy) is 2. The standard InChI is InChI=1S/C10H11FO4/c1-14-5-7-3-6(10(12)13)4-8(15-2)9(7)11/h3-4H,5H2,1-2H3,(H,12,13). The zero-order chi connectivity index (χ0) is 11.4. The van der Waals surface area contributed by atoms with Gasteiger partial charge in [-0.2, -0.15) is 0 Å². The quantitative estimate of drug-likeness (QED) is 0.828. The van der Waals surface area contributed by atoms with E-state index in [2.05, 4.69) is 0 Å². The van der Waals surface area contributed by atoms with Crippen molar-refractivity contribution in [2.75, 3.05) is 14.2 Å². The third kappa shape index (κ3) is 2.44. The second-order valence-corrected chi connectivity index (χ2v) is 2.89. The predicted octanol–water partition coefficient (Wildman–Crippen LogP) is 1.68. The van der Waals surface area contributed by atoms with Gasteiger partial charge >= 0.3 is 5.97 Å². The zero-order valence-electron chi connectivity index (χ0n) is 8.41. The summed E-state index contributed by atoms with van der Waals surface area (Å²) < 4.78 is 23.0. The summed E-state index contributed by atoms with van der Waals surface area (Å²) in [6.07, 6.45) is 0. The summed E-state index contributed by atoms with van der Waals surface area (Å²) in [6, 6.07) is 2.36. The Balaban J connectivity index is 3.25. The second-order valence-electron chi connectivity index (χ2n) is 2.89. The summed E-state index contributed by atoms with van der Waals surface area (Å²) in [7, 11) is 2.68. The van der Waals surface area contributed by atoms with Gasteiger partial charge in [0.1, 0.15) is 0 Å². The van der Waals surface area contributed by atoms with E-state index in [4.69, 9.17) is 14.6 Å². The fourth-order valence-corrected chi connectivity index (χ4v) is 1.19. The molecule has 0 bridgehead atoms. The fourth-order valence-electron chi connectivity index (χ4n) is 1.19. The highest BCUT2D eigenvalue weighted by Gasteiger charge is 2.14. The number of hydrogen-bond donors (Lipinski definition) is 1. The largest absolute Gasteiger partial charge is 0.494 e. The highest BCUT2D eigenvalue weighted by atomic mass is 19.1. The molecule has 0 spiro atoms. The molecule has 0 aromatic heterocycles. The topological polar surface area (TPSA) is 55.8 Å². The molecule has 0 fully saturated rings. The third-order valence-corrected chi connectivity index (χ3v) is 1.88. The van der Waals surface area contributed by atoms with E-state index in [0.717, 1.165) is 6.07 Å². The summed E-state index contributed by atoms with van der Waals surface area (Å²) in [5.74, 6) is -1.82. The van der Waals surface area contributed by atoms with E-state index in [1.54, 1.807) is 0 Å². The Labute approximate surface area is 86.2 Å². The SMILES string of the molecule is COCc1cc(C(=O)O)cc(OC)c1F. The Kier molecular flexibility index (Phi) is 3.62. The van der Waals surface area contributed by atoms with Crippen LogP contribution in [0.4, 0.5) is 4.39 Å².